The molecule has 276 valence electrons. The van der Waals surface area contributed by atoms with Crippen LogP contribution >= 0.6 is 0 Å². The molecule has 0 atom stereocenters. The second kappa shape index (κ2) is 13.2. The Kier molecular flexibility index (Phi) is 8.10. The van der Waals surface area contributed by atoms with Gasteiger partial charge in [0.1, 0.15) is 16.9 Å². The van der Waals surface area contributed by atoms with E-state index in [2.05, 4.69) is 107 Å². The van der Waals surface area contributed by atoms with Gasteiger partial charge in [0.05, 0.1) is 11.4 Å². The monoisotopic (exact) mass is 732 g/mol. The minimum Gasteiger partial charge on any atom is -0.507 e. The maximum Gasteiger partial charge on any atom is 0.222 e. The largest absolute Gasteiger partial charge is 0.507 e. The second-order valence-electron chi connectivity index (χ2n) is 16.6. The highest BCUT2D eigenvalue weighted by molar-refractivity contribution is 6.06. The average molecular weight is 733 g/mol. The van der Waals surface area contributed by atoms with Gasteiger partial charge in [0.2, 0.25) is 11.8 Å². The predicted octanol–water partition coefficient (Wildman–Crippen LogP) is 13.0. The quantitative estimate of drug-likeness (QED) is 0.177. The summed E-state index contributed by atoms with van der Waals surface area (Å²) in [6, 6.07) is 43.7. The summed E-state index contributed by atoms with van der Waals surface area (Å²) < 4.78 is 13.1. The molecule has 0 amide bonds. The van der Waals surface area contributed by atoms with Crippen molar-refractivity contribution in [2.75, 3.05) is 0 Å². The smallest absolute Gasteiger partial charge is 0.222 e. The van der Waals surface area contributed by atoms with Gasteiger partial charge in [-0.25, -0.2) is 9.97 Å². The van der Waals surface area contributed by atoms with Crippen LogP contribution in [0.15, 0.2) is 132 Å². The lowest BCUT2D eigenvalue weighted by Gasteiger charge is -2.21. The molecule has 2 aliphatic carbocycles. The zero-order valence-corrected chi connectivity index (χ0v) is 32.3. The number of hydrogen-bond donors (Lipinski definition) is 1. The molecule has 3 heterocycles. The fourth-order valence-electron chi connectivity index (χ4n) is 9.45. The van der Waals surface area contributed by atoms with Crippen LogP contribution in [0.1, 0.15) is 72.9 Å². The molecule has 5 aromatic carbocycles. The van der Waals surface area contributed by atoms with Crippen LogP contribution in [0.5, 0.6) is 17.5 Å². The standard InChI is InChI=1S/C51H44N2O3/c1-30(2)38-14-9-15-39(31(3)4)50(38)35-22-44(41-13-7-8-17-45(41)54)53-49(25-35)56-48-18-10-16-43(52-48)32-19-20-40-42-21-36-28-51(26-33-11-5-6-12-34(33)27-51)29-37(36)24-47(42)55-46(40)23-32/h5-25,30-31,54H,26-29H2,1-4H3. The Hall–Kier alpha value is -6.20. The number of rotatable bonds is 7. The molecule has 0 aliphatic heterocycles. The van der Waals surface area contributed by atoms with E-state index in [1.54, 1.807) is 6.07 Å². The third kappa shape index (κ3) is 5.94. The molecular weight excluding hydrogens is 689 g/mol. The molecule has 10 rings (SSSR count). The molecule has 3 aromatic heterocycles. The van der Waals surface area contributed by atoms with Gasteiger partial charge in [-0.15, -0.1) is 0 Å². The number of aromatic hydroxyl groups is 1. The first-order valence-corrected chi connectivity index (χ1v) is 19.8. The Balaban J connectivity index is 0.984. The van der Waals surface area contributed by atoms with E-state index < -0.39 is 0 Å². The minimum absolute atomic E-state index is 0.166. The van der Waals surface area contributed by atoms with Crippen molar-refractivity contribution >= 4 is 21.9 Å². The van der Waals surface area contributed by atoms with Crippen LogP contribution < -0.4 is 4.74 Å². The Morgan fingerprint density at radius 2 is 1.20 bits per heavy atom. The maximum absolute atomic E-state index is 10.9. The SMILES string of the molecule is CC(C)c1cccc(C(C)C)c1-c1cc(Oc2cccc(-c3ccc4c(c3)oc3cc5c(cc34)CC3(Cc4ccccc4C3)C5)n2)nc(-c2ccccc2O)c1. The van der Waals surface area contributed by atoms with Crippen molar-refractivity contribution in [3.63, 3.8) is 0 Å². The van der Waals surface area contributed by atoms with Crippen LogP contribution in [-0.4, -0.2) is 15.1 Å². The first kappa shape index (κ1) is 34.3. The minimum atomic E-state index is 0.166. The van der Waals surface area contributed by atoms with Crippen molar-refractivity contribution in [2.45, 2.75) is 65.2 Å². The van der Waals surface area contributed by atoms with Crippen molar-refractivity contribution in [1.82, 2.24) is 9.97 Å². The summed E-state index contributed by atoms with van der Waals surface area (Å²) in [5, 5.41) is 13.2. The molecule has 56 heavy (non-hydrogen) atoms. The number of pyridine rings is 2. The lowest BCUT2D eigenvalue weighted by molar-refractivity contribution is 0.326. The van der Waals surface area contributed by atoms with Crippen molar-refractivity contribution in [3.8, 4) is 51.2 Å². The van der Waals surface area contributed by atoms with Gasteiger partial charge < -0.3 is 14.3 Å². The summed E-state index contributed by atoms with van der Waals surface area (Å²) in [5.41, 5.74) is 15.7. The molecule has 5 heteroatoms. The molecule has 8 aromatic rings. The zero-order chi connectivity index (χ0) is 38.1. The summed E-state index contributed by atoms with van der Waals surface area (Å²) in [6.07, 6.45) is 4.53. The first-order chi connectivity index (χ1) is 27.2. The summed E-state index contributed by atoms with van der Waals surface area (Å²) >= 11 is 0. The number of furan rings is 1. The van der Waals surface area contributed by atoms with Gasteiger partial charge in [0.15, 0.2) is 0 Å². The van der Waals surface area contributed by atoms with Crippen LogP contribution in [0.4, 0.5) is 0 Å². The Morgan fingerprint density at radius 1 is 0.554 bits per heavy atom. The number of ether oxygens (including phenoxy) is 1. The number of hydrogen-bond acceptors (Lipinski definition) is 5. The van der Waals surface area contributed by atoms with E-state index in [-0.39, 0.29) is 5.75 Å². The number of nitrogens with zero attached hydrogens (tertiary/aromatic N) is 2. The van der Waals surface area contributed by atoms with Crippen molar-refractivity contribution in [3.05, 3.63) is 161 Å². The van der Waals surface area contributed by atoms with Crippen LogP contribution in [-0.2, 0) is 25.7 Å². The van der Waals surface area contributed by atoms with Gasteiger partial charge in [-0.05, 0) is 136 Å². The van der Waals surface area contributed by atoms with Gasteiger partial charge in [0.25, 0.3) is 0 Å². The average Bonchev–Trinajstić information content (AvgIpc) is 3.86. The van der Waals surface area contributed by atoms with Crippen LogP contribution in [0.2, 0.25) is 0 Å². The van der Waals surface area contributed by atoms with Gasteiger partial charge in [0, 0.05) is 34.0 Å². The lowest BCUT2D eigenvalue weighted by Crippen LogP contribution is -2.21. The maximum atomic E-state index is 10.9. The van der Waals surface area contributed by atoms with Gasteiger partial charge >= 0.3 is 0 Å². The number of para-hydroxylation sites is 1. The predicted molar refractivity (Wildman–Crippen MR) is 226 cm³/mol. The molecule has 1 spiro atoms. The van der Waals surface area contributed by atoms with E-state index in [1.165, 1.54) is 44.3 Å². The molecule has 0 bridgehead atoms. The van der Waals surface area contributed by atoms with Gasteiger partial charge in [-0.2, -0.15) is 0 Å². The number of phenolic OH excluding ortho intramolecular Hbond substituents is 1. The van der Waals surface area contributed by atoms with E-state index in [0.29, 0.717) is 40.3 Å². The van der Waals surface area contributed by atoms with E-state index in [0.717, 1.165) is 59.1 Å². The molecular formula is C51H44N2O3. The van der Waals surface area contributed by atoms with E-state index in [9.17, 15) is 5.11 Å². The van der Waals surface area contributed by atoms with Crippen LogP contribution in [0, 0.1) is 5.41 Å². The summed E-state index contributed by atoms with van der Waals surface area (Å²) in [7, 11) is 0. The lowest BCUT2D eigenvalue weighted by atomic mass is 9.82. The molecule has 0 saturated carbocycles. The molecule has 0 unspecified atom stereocenters. The first-order valence-electron chi connectivity index (χ1n) is 19.8. The van der Waals surface area contributed by atoms with E-state index in [1.807, 2.05) is 42.5 Å². The second-order valence-corrected chi connectivity index (χ2v) is 16.6. The van der Waals surface area contributed by atoms with Crippen LogP contribution in [0.3, 0.4) is 0 Å². The molecule has 2 aliphatic rings. The van der Waals surface area contributed by atoms with E-state index in [4.69, 9.17) is 19.1 Å². The number of benzene rings is 5. The normalized spacial score (nSPS) is 14.3. The fourth-order valence-corrected chi connectivity index (χ4v) is 9.45. The third-order valence-corrected chi connectivity index (χ3v) is 12.0. The Morgan fingerprint density at radius 3 is 1.93 bits per heavy atom. The van der Waals surface area contributed by atoms with E-state index >= 15 is 0 Å². The summed E-state index contributed by atoms with van der Waals surface area (Å²) in [6.45, 7) is 8.89. The molecule has 0 fully saturated rings. The third-order valence-electron chi connectivity index (χ3n) is 12.0. The van der Waals surface area contributed by atoms with Crippen molar-refractivity contribution in [2.24, 2.45) is 5.41 Å². The Labute approximate surface area is 327 Å². The molecule has 0 saturated heterocycles. The van der Waals surface area contributed by atoms with Gasteiger partial charge in [-0.3, -0.25) is 0 Å². The fraction of sp³-hybridized carbons (Fsp3) is 0.216. The number of phenols is 1. The van der Waals surface area contributed by atoms with Crippen molar-refractivity contribution < 1.29 is 14.3 Å². The Bertz CT molecular complexity index is 2780. The molecule has 5 nitrogen and oxygen atoms in total. The van der Waals surface area contributed by atoms with Crippen molar-refractivity contribution in [1.29, 1.82) is 0 Å². The molecule has 0 radical (unpaired) electrons. The topological polar surface area (TPSA) is 68.4 Å². The van der Waals surface area contributed by atoms with Gasteiger partial charge in [-0.1, -0.05) is 94.4 Å². The summed E-state index contributed by atoms with van der Waals surface area (Å²) in [5.74, 6) is 1.61. The summed E-state index contributed by atoms with van der Waals surface area (Å²) in [4.78, 5) is 9.89. The van der Waals surface area contributed by atoms with Crippen LogP contribution in [0.25, 0.3) is 55.6 Å². The zero-order valence-electron chi connectivity index (χ0n) is 32.3. The number of aromatic nitrogens is 2. The highest BCUT2D eigenvalue weighted by atomic mass is 16.5. The highest BCUT2D eigenvalue weighted by Gasteiger charge is 2.42. The molecule has 1 N–H and O–H groups in total. The number of fused-ring (bicyclic) bond motifs is 5. The highest BCUT2D eigenvalue weighted by Crippen LogP contribution is 2.49.